The van der Waals surface area contributed by atoms with Gasteiger partial charge in [-0.1, -0.05) is 29.8 Å². The summed E-state index contributed by atoms with van der Waals surface area (Å²) in [5.74, 6) is -1.08. The van der Waals surface area contributed by atoms with Gasteiger partial charge in [-0.2, -0.15) is 5.26 Å². The summed E-state index contributed by atoms with van der Waals surface area (Å²) in [6.45, 7) is 2.46. The first-order valence-corrected chi connectivity index (χ1v) is 11.9. The molecule has 0 unspecified atom stereocenters. The zero-order chi connectivity index (χ0) is 25.4. The van der Waals surface area contributed by atoms with Crippen LogP contribution in [0.3, 0.4) is 0 Å². The normalized spacial score (nSPS) is 10.9. The second-order valence-electron chi connectivity index (χ2n) is 7.19. The van der Waals surface area contributed by atoms with Gasteiger partial charge in [0.15, 0.2) is 11.5 Å². The Labute approximate surface area is 221 Å². The van der Waals surface area contributed by atoms with Crippen molar-refractivity contribution < 1.29 is 24.2 Å². The van der Waals surface area contributed by atoms with Gasteiger partial charge in [-0.15, -0.1) is 0 Å². The van der Waals surface area contributed by atoms with Gasteiger partial charge in [-0.05, 0) is 89.2 Å². The van der Waals surface area contributed by atoms with Crippen molar-refractivity contribution in [2.75, 3.05) is 11.9 Å². The minimum atomic E-state index is -1.13. The molecule has 0 heterocycles. The molecule has 0 fully saturated rings. The Bertz CT molecular complexity index is 1320. The fourth-order valence-electron chi connectivity index (χ4n) is 3.05. The molecule has 0 aromatic heterocycles. The molecule has 0 saturated carbocycles. The second kappa shape index (κ2) is 12.2. The van der Waals surface area contributed by atoms with Gasteiger partial charge in [-0.25, -0.2) is 4.79 Å². The molecule has 0 aliphatic heterocycles. The fraction of sp³-hybridized carbons (Fsp3) is 0.115. The van der Waals surface area contributed by atoms with Crippen LogP contribution < -0.4 is 14.8 Å². The van der Waals surface area contributed by atoms with Crippen LogP contribution in [0.15, 0.2) is 66.2 Å². The average molecular weight is 603 g/mol. The maximum atomic E-state index is 12.6. The molecule has 0 atom stereocenters. The molecule has 0 aliphatic rings. The van der Waals surface area contributed by atoms with E-state index in [9.17, 15) is 14.9 Å². The lowest BCUT2D eigenvalue weighted by molar-refractivity contribution is -0.112. The first-order valence-electron chi connectivity index (χ1n) is 10.4. The monoisotopic (exact) mass is 602 g/mol. The molecule has 0 saturated heterocycles. The van der Waals surface area contributed by atoms with Gasteiger partial charge in [0, 0.05) is 9.26 Å². The van der Waals surface area contributed by atoms with Crippen LogP contribution in [0, 0.1) is 14.9 Å². The topological polar surface area (TPSA) is 109 Å². The van der Waals surface area contributed by atoms with Crippen LogP contribution in [0.4, 0.5) is 5.69 Å². The summed E-state index contributed by atoms with van der Waals surface area (Å²) in [7, 11) is 0. The Morgan fingerprint density at radius 3 is 2.54 bits per heavy atom. The van der Waals surface area contributed by atoms with Gasteiger partial charge in [0.2, 0.25) is 0 Å². The zero-order valence-corrected chi connectivity index (χ0v) is 21.5. The molecular weight excluding hydrogens is 583 g/mol. The van der Waals surface area contributed by atoms with Crippen LogP contribution in [-0.4, -0.2) is 23.6 Å². The van der Waals surface area contributed by atoms with E-state index < -0.39 is 11.9 Å². The average Bonchev–Trinajstić information content (AvgIpc) is 2.83. The van der Waals surface area contributed by atoms with Crippen molar-refractivity contribution in [3.05, 3.63) is 91.5 Å². The molecule has 0 bridgehead atoms. The van der Waals surface area contributed by atoms with Crippen LogP contribution in [0.5, 0.6) is 11.5 Å². The second-order valence-corrected chi connectivity index (χ2v) is 8.84. The van der Waals surface area contributed by atoms with E-state index in [2.05, 4.69) is 27.9 Å². The number of nitrogens with zero attached hydrogens (tertiary/aromatic N) is 1. The molecule has 178 valence electrons. The molecule has 1 amide bonds. The third-order valence-corrected chi connectivity index (χ3v) is 5.67. The number of carbonyl (C=O) groups excluding carboxylic acids is 1. The lowest BCUT2D eigenvalue weighted by Gasteiger charge is -2.15. The number of rotatable bonds is 9. The summed E-state index contributed by atoms with van der Waals surface area (Å²) >= 11 is 8.70. The first-order chi connectivity index (χ1) is 16.8. The molecule has 0 radical (unpaired) electrons. The predicted octanol–water partition coefficient (Wildman–Crippen LogP) is 6.17. The quantitative estimate of drug-likeness (QED) is 0.172. The van der Waals surface area contributed by atoms with Crippen LogP contribution >= 0.6 is 34.2 Å². The molecule has 3 rings (SSSR count). The minimum Gasteiger partial charge on any atom is -0.490 e. The largest absolute Gasteiger partial charge is 0.490 e. The standard InChI is InChI=1S/C26H20ClIN2O5/c1-2-34-23-12-17(11-22(27)24(23)35-15-16-6-8-20(28)9-7-16)10-19(14-29)25(31)30-21-5-3-4-18(13-21)26(32)33/h3-13H,2,15H2,1H3,(H,30,31)(H,32,33)/b19-10-. The van der Waals surface area contributed by atoms with Crippen molar-refractivity contribution in [2.45, 2.75) is 13.5 Å². The minimum absolute atomic E-state index is 0.0132. The van der Waals surface area contributed by atoms with E-state index >= 15 is 0 Å². The Hall–Kier alpha value is -3.55. The van der Waals surface area contributed by atoms with E-state index in [1.807, 2.05) is 37.3 Å². The summed E-state index contributed by atoms with van der Waals surface area (Å²) in [4.78, 5) is 23.8. The number of anilines is 1. The molecule has 3 aromatic rings. The molecule has 9 heteroatoms. The lowest BCUT2D eigenvalue weighted by atomic mass is 10.1. The van der Waals surface area contributed by atoms with Crippen LogP contribution in [0.2, 0.25) is 5.02 Å². The Morgan fingerprint density at radius 1 is 1.14 bits per heavy atom. The first kappa shape index (κ1) is 26.1. The number of carboxylic acids is 1. The number of hydrogen-bond donors (Lipinski definition) is 2. The van der Waals surface area contributed by atoms with Gasteiger partial charge in [0.05, 0.1) is 17.2 Å². The van der Waals surface area contributed by atoms with Crippen LogP contribution in [0.25, 0.3) is 6.08 Å². The number of nitrogens with one attached hydrogen (secondary N) is 1. The SMILES string of the molecule is CCOc1cc(/C=C(/C#N)C(=O)Nc2cccc(C(=O)O)c2)cc(Cl)c1OCc1ccc(I)cc1. The third kappa shape index (κ3) is 7.21. The van der Waals surface area contributed by atoms with Crippen molar-refractivity contribution >= 4 is 57.8 Å². The van der Waals surface area contributed by atoms with Gasteiger partial charge < -0.3 is 19.9 Å². The van der Waals surface area contributed by atoms with Crippen molar-refractivity contribution in [2.24, 2.45) is 0 Å². The highest BCUT2D eigenvalue weighted by Crippen LogP contribution is 2.38. The van der Waals surface area contributed by atoms with E-state index in [1.165, 1.54) is 30.3 Å². The van der Waals surface area contributed by atoms with Crippen LogP contribution in [-0.2, 0) is 11.4 Å². The van der Waals surface area contributed by atoms with E-state index in [-0.39, 0.29) is 28.5 Å². The van der Waals surface area contributed by atoms with Gasteiger partial charge in [0.1, 0.15) is 18.2 Å². The molecule has 2 N–H and O–H groups in total. The van der Waals surface area contributed by atoms with Crippen molar-refractivity contribution in [1.82, 2.24) is 0 Å². The van der Waals surface area contributed by atoms with E-state index in [0.29, 0.717) is 23.7 Å². The number of aromatic carboxylic acids is 1. The zero-order valence-electron chi connectivity index (χ0n) is 18.5. The maximum absolute atomic E-state index is 12.6. The molecule has 35 heavy (non-hydrogen) atoms. The predicted molar refractivity (Wildman–Crippen MR) is 142 cm³/mol. The van der Waals surface area contributed by atoms with Crippen molar-refractivity contribution in [3.63, 3.8) is 0 Å². The lowest BCUT2D eigenvalue weighted by Crippen LogP contribution is -2.14. The Kier molecular flexibility index (Phi) is 9.11. The molecule has 7 nitrogen and oxygen atoms in total. The number of benzene rings is 3. The number of nitriles is 1. The van der Waals surface area contributed by atoms with Crippen molar-refractivity contribution in [1.29, 1.82) is 5.26 Å². The maximum Gasteiger partial charge on any atom is 0.335 e. The highest BCUT2D eigenvalue weighted by molar-refractivity contribution is 14.1. The third-order valence-electron chi connectivity index (χ3n) is 4.67. The Balaban J connectivity index is 1.84. The number of carboxylic acid groups (broad SMARTS) is 1. The van der Waals surface area contributed by atoms with E-state index in [0.717, 1.165) is 9.13 Å². The van der Waals surface area contributed by atoms with E-state index in [4.69, 9.17) is 26.2 Å². The number of carbonyl (C=O) groups is 2. The van der Waals surface area contributed by atoms with Gasteiger partial charge in [0.25, 0.3) is 5.91 Å². The molecule has 0 spiro atoms. The van der Waals surface area contributed by atoms with Crippen molar-refractivity contribution in [3.8, 4) is 17.6 Å². The molecule has 0 aliphatic carbocycles. The smallest absolute Gasteiger partial charge is 0.335 e. The van der Waals surface area contributed by atoms with E-state index in [1.54, 1.807) is 12.1 Å². The van der Waals surface area contributed by atoms with Gasteiger partial charge in [-0.3, -0.25) is 4.79 Å². The summed E-state index contributed by atoms with van der Waals surface area (Å²) in [5, 5.41) is 21.5. The Morgan fingerprint density at radius 2 is 1.89 bits per heavy atom. The number of ether oxygens (including phenoxy) is 2. The summed E-state index contributed by atoms with van der Waals surface area (Å²) < 4.78 is 12.7. The number of amides is 1. The number of hydrogen-bond acceptors (Lipinski definition) is 5. The summed E-state index contributed by atoms with van der Waals surface area (Å²) in [6.07, 6.45) is 1.37. The summed E-state index contributed by atoms with van der Waals surface area (Å²) in [6, 6.07) is 18.7. The number of halogens is 2. The molecular formula is C26H20ClIN2O5. The van der Waals surface area contributed by atoms with Gasteiger partial charge >= 0.3 is 5.97 Å². The fourth-order valence-corrected chi connectivity index (χ4v) is 3.69. The van der Waals surface area contributed by atoms with Crippen LogP contribution in [0.1, 0.15) is 28.4 Å². The highest BCUT2D eigenvalue weighted by atomic mass is 127. The molecule has 3 aromatic carbocycles. The summed E-state index contributed by atoms with van der Waals surface area (Å²) in [5.41, 5.74) is 1.49. The highest BCUT2D eigenvalue weighted by Gasteiger charge is 2.15.